The minimum Gasteiger partial charge on any atom is -0.480 e. The Labute approximate surface area is 121 Å². The highest BCUT2D eigenvalue weighted by molar-refractivity contribution is 5.80. The van der Waals surface area contributed by atoms with Crippen LogP contribution in [0.2, 0.25) is 0 Å². The van der Waals surface area contributed by atoms with Gasteiger partial charge in [-0.25, -0.2) is 4.79 Å². The third-order valence-electron chi connectivity index (χ3n) is 4.41. The Kier molecular flexibility index (Phi) is 3.81. The average Bonchev–Trinajstić information content (AvgIpc) is 2.33. The van der Waals surface area contributed by atoms with Crippen molar-refractivity contribution < 1.29 is 9.90 Å². The minimum absolute atomic E-state index is 0.138. The van der Waals surface area contributed by atoms with Crippen molar-refractivity contribution in [1.29, 1.82) is 0 Å². The fraction of sp³-hybridized carbons (Fsp3) is 0.588. The summed E-state index contributed by atoms with van der Waals surface area (Å²) in [6.45, 7) is 10.6. The molecule has 1 aliphatic rings. The maximum Gasteiger partial charge on any atom is 0.326 e. The Balaban J connectivity index is 2.59. The first kappa shape index (κ1) is 14.9. The summed E-state index contributed by atoms with van der Waals surface area (Å²) >= 11 is 0. The van der Waals surface area contributed by atoms with Crippen LogP contribution in [0.3, 0.4) is 0 Å². The fourth-order valence-electron chi connectivity index (χ4n) is 3.63. The van der Waals surface area contributed by atoms with Gasteiger partial charge >= 0.3 is 5.97 Å². The van der Waals surface area contributed by atoms with E-state index in [1.165, 1.54) is 11.1 Å². The lowest BCUT2D eigenvalue weighted by Gasteiger charge is -2.50. The number of nitrogens with zero attached hydrogens (tertiary/aromatic N) is 1. The highest BCUT2D eigenvalue weighted by atomic mass is 16.4. The molecule has 0 amide bonds. The fourth-order valence-corrected chi connectivity index (χ4v) is 3.63. The van der Waals surface area contributed by atoms with Crippen LogP contribution in [0.4, 0.5) is 5.69 Å². The van der Waals surface area contributed by atoms with E-state index in [0.717, 1.165) is 12.1 Å². The first-order valence-corrected chi connectivity index (χ1v) is 7.40. The molecule has 2 atom stereocenters. The van der Waals surface area contributed by atoms with Gasteiger partial charge in [-0.15, -0.1) is 0 Å². The van der Waals surface area contributed by atoms with Crippen molar-refractivity contribution in [3.05, 3.63) is 29.3 Å². The molecule has 1 aromatic rings. The Morgan fingerprint density at radius 3 is 2.70 bits per heavy atom. The van der Waals surface area contributed by atoms with Crippen LogP contribution in [0.1, 0.15) is 57.6 Å². The van der Waals surface area contributed by atoms with Crippen LogP contribution in [-0.2, 0) is 4.79 Å². The maximum atomic E-state index is 11.6. The molecule has 0 aliphatic carbocycles. The minimum atomic E-state index is -0.735. The molecule has 0 radical (unpaired) electrons. The van der Waals surface area contributed by atoms with Gasteiger partial charge in [0.25, 0.3) is 0 Å². The lowest BCUT2D eigenvalue weighted by Crippen LogP contribution is -2.56. The lowest BCUT2D eigenvalue weighted by molar-refractivity contribution is -0.139. The van der Waals surface area contributed by atoms with Gasteiger partial charge < -0.3 is 10.0 Å². The van der Waals surface area contributed by atoms with E-state index >= 15 is 0 Å². The Bertz CT molecular complexity index is 522. The van der Waals surface area contributed by atoms with Crippen LogP contribution in [0.25, 0.3) is 0 Å². The van der Waals surface area contributed by atoms with Crippen LogP contribution in [0.15, 0.2) is 18.2 Å². The van der Waals surface area contributed by atoms with Crippen LogP contribution in [0.5, 0.6) is 0 Å². The molecule has 3 heteroatoms. The normalized spacial score (nSPS) is 22.2. The second-order valence-corrected chi connectivity index (χ2v) is 6.61. The maximum absolute atomic E-state index is 11.6. The van der Waals surface area contributed by atoms with Gasteiger partial charge in [0.1, 0.15) is 6.04 Å². The molecule has 0 bridgehead atoms. The number of hydrogen-bond acceptors (Lipinski definition) is 2. The highest BCUT2D eigenvalue weighted by Gasteiger charge is 2.41. The predicted octanol–water partition coefficient (Wildman–Crippen LogP) is 3.95. The van der Waals surface area contributed by atoms with Gasteiger partial charge in [0.15, 0.2) is 0 Å². The second-order valence-electron chi connectivity index (χ2n) is 6.61. The zero-order valence-electron chi connectivity index (χ0n) is 13.1. The number of rotatable bonds is 3. The summed E-state index contributed by atoms with van der Waals surface area (Å²) in [4.78, 5) is 13.7. The Hall–Kier alpha value is -1.51. The van der Waals surface area contributed by atoms with Gasteiger partial charge in [-0.05, 0) is 51.2 Å². The van der Waals surface area contributed by atoms with Crippen LogP contribution < -0.4 is 4.90 Å². The Morgan fingerprint density at radius 1 is 1.50 bits per heavy atom. The van der Waals surface area contributed by atoms with E-state index < -0.39 is 12.0 Å². The number of aliphatic carboxylic acids is 1. The molecule has 1 aliphatic heterocycles. The van der Waals surface area contributed by atoms with Gasteiger partial charge in [-0.1, -0.05) is 31.5 Å². The number of carbonyl (C=O) groups is 1. The molecule has 1 aromatic carbocycles. The number of benzene rings is 1. The van der Waals surface area contributed by atoms with Gasteiger partial charge in [-0.2, -0.15) is 0 Å². The van der Waals surface area contributed by atoms with Crippen molar-refractivity contribution >= 4 is 11.7 Å². The summed E-state index contributed by atoms with van der Waals surface area (Å²) in [6.07, 6.45) is 1.59. The molecular formula is C17H25NO2. The summed E-state index contributed by atoms with van der Waals surface area (Å²) in [6, 6.07) is 5.91. The first-order valence-electron chi connectivity index (χ1n) is 7.40. The van der Waals surface area contributed by atoms with Crippen molar-refractivity contribution in [2.45, 2.75) is 65.0 Å². The van der Waals surface area contributed by atoms with Crippen LogP contribution in [-0.4, -0.2) is 22.7 Å². The molecule has 2 rings (SSSR count). The summed E-state index contributed by atoms with van der Waals surface area (Å²) in [5.41, 5.74) is 3.47. The molecule has 110 valence electrons. The van der Waals surface area contributed by atoms with Crippen molar-refractivity contribution in [1.82, 2.24) is 0 Å². The van der Waals surface area contributed by atoms with Crippen molar-refractivity contribution in [3.63, 3.8) is 0 Å². The molecule has 0 aromatic heterocycles. The Morgan fingerprint density at radius 2 is 2.15 bits per heavy atom. The molecule has 0 saturated carbocycles. The summed E-state index contributed by atoms with van der Waals surface area (Å²) < 4.78 is 0. The van der Waals surface area contributed by atoms with E-state index in [-0.39, 0.29) is 5.54 Å². The van der Waals surface area contributed by atoms with E-state index in [1.807, 2.05) is 6.92 Å². The van der Waals surface area contributed by atoms with Gasteiger partial charge in [0.2, 0.25) is 0 Å². The van der Waals surface area contributed by atoms with E-state index in [4.69, 9.17) is 0 Å². The number of fused-ring (bicyclic) bond motifs is 1. The average molecular weight is 275 g/mol. The SMILES string of the molecule is CCC(C(=O)O)N1c2ccc(C)cc2C(C)CC1(C)C. The zero-order valence-corrected chi connectivity index (χ0v) is 13.1. The van der Waals surface area contributed by atoms with E-state index in [0.29, 0.717) is 12.3 Å². The van der Waals surface area contributed by atoms with Gasteiger partial charge in [0.05, 0.1) is 0 Å². The quantitative estimate of drug-likeness (QED) is 0.908. The molecule has 3 nitrogen and oxygen atoms in total. The predicted molar refractivity (Wildman–Crippen MR) is 82.5 cm³/mol. The molecule has 0 saturated heterocycles. The molecule has 20 heavy (non-hydrogen) atoms. The summed E-state index contributed by atoms with van der Waals surface area (Å²) in [7, 11) is 0. The second kappa shape index (κ2) is 5.12. The van der Waals surface area contributed by atoms with Crippen molar-refractivity contribution in [2.75, 3.05) is 4.90 Å². The molecule has 0 fully saturated rings. The summed E-state index contributed by atoms with van der Waals surface area (Å²) in [5.74, 6) is -0.274. The molecular weight excluding hydrogens is 250 g/mol. The number of aryl methyl sites for hydroxylation is 1. The number of carboxylic acid groups (broad SMARTS) is 1. The largest absolute Gasteiger partial charge is 0.480 e. The third-order valence-corrected chi connectivity index (χ3v) is 4.41. The number of anilines is 1. The third kappa shape index (κ3) is 2.41. The monoisotopic (exact) mass is 275 g/mol. The number of carboxylic acids is 1. The topological polar surface area (TPSA) is 40.5 Å². The smallest absolute Gasteiger partial charge is 0.326 e. The number of hydrogen-bond donors (Lipinski definition) is 1. The molecule has 2 unspecified atom stereocenters. The standard InChI is InChI=1S/C17H25NO2/c1-6-14(16(19)20)18-15-8-7-11(2)9-13(15)12(3)10-17(18,4)5/h7-9,12,14H,6,10H2,1-5H3,(H,19,20). The van der Waals surface area contributed by atoms with Crippen LogP contribution >= 0.6 is 0 Å². The van der Waals surface area contributed by atoms with Crippen molar-refractivity contribution in [2.24, 2.45) is 0 Å². The zero-order chi connectivity index (χ0) is 15.1. The van der Waals surface area contributed by atoms with Crippen LogP contribution in [0, 0.1) is 6.92 Å². The van der Waals surface area contributed by atoms with Gasteiger partial charge in [-0.3, -0.25) is 0 Å². The first-order chi connectivity index (χ1) is 9.27. The highest BCUT2D eigenvalue weighted by Crippen LogP contribution is 2.45. The summed E-state index contributed by atoms with van der Waals surface area (Å²) in [5, 5.41) is 9.56. The van der Waals surface area contributed by atoms with Crippen molar-refractivity contribution in [3.8, 4) is 0 Å². The van der Waals surface area contributed by atoms with E-state index in [1.54, 1.807) is 0 Å². The molecule has 1 N–H and O–H groups in total. The van der Waals surface area contributed by atoms with E-state index in [2.05, 4.69) is 50.8 Å². The van der Waals surface area contributed by atoms with E-state index in [9.17, 15) is 9.90 Å². The van der Waals surface area contributed by atoms with Gasteiger partial charge in [0, 0.05) is 11.2 Å². The lowest BCUT2D eigenvalue weighted by atomic mass is 9.78. The molecule has 1 heterocycles. The molecule has 0 spiro atoms.